The van der Waals surface area contributed by atoms with Gasteiger partial charge >= 0.3 is 0 Å². The molecule has 5 heteroatoms. The fourth-order valence-corrected chi connectivity index (χ4v) is 3.01. The number of nitrogens with one attached hydrogen (secondary N) is 1. The van der Waals surface area contributed by atoms with Gasteiger partial charge in [-0.3, -0.25) is 9.78 Å². The number of hydrogen-bond donors (Lipinski definition) is 2. The maximum atomic E-state index is 12.3. The van der Waals surface area contributed by atoms with Gasteiger partial charge in [-0.25, -0.2) is 0 Å². The van der Waals surface area contributed by atoms with Gasteiger partial charge in [-0.15, -0.1) is 12.8 Å². The second-order valence-corrected chi connectivity index (χ2v) is 7.52. The molecule has 5 nitrogen and oxygen atoms in total. The van der Waals surface area contributed by atoms with Crippen LogP contribution in [-0.4, -0.2) is 41.0 Å². The highest BCUT2D eigenvalue weighted by Crippen LogP contribution is 2.19. The summed E-state index contributed by atoms with van der Waals surface area (Å²) in [7, 11) is 1.80. The van der Waals surface area contributed by atoms with Crippen LogP contribution in [0, 0.1) is 25.7 Å². The standard InChI is InChI=1S/C17H23N3O.C7H8O.C2H6.C2H2/c1-13(2)11-20(17(21)10-18-3)12-14-6-4-8-16-15(14)7-5-9-19-16;1-6-2-4-7(8)5-3-6;2*1-2/h4-9,13,18H,10-12H2,1-3H3;2-5,8H,1H3;1-2H3;1-2H. The SMILES string of the molecule is C#C.CC.CNCC(=O)N(Cc1cccc2ncccc12)CC(C)C.Cc1ccc(O)cc1. The summed E-state index contributed by atoms with van der Waals surface area (Å²) < 4.78 is 0. The van der Waals surface area contributed by atoms with Gasteiger partial charge in [0.1, 0.15) is 5.75 Å². The number of nitrogens with zero attached hydrogens (tertiary/aromatic N) is 2. The van der Waals surface area contributed by atoms with Crippen LogP contribution < -0.4 is 5.32 Å². The number of fused-ring (bicyclic) bond motifs is 1. The van der Waals surface area contributed by atoms with Crippen molar-refractivity contribution in [2.24, 2.45) is 5.92 Å². The number of carbonyl (C=O) groups is 1. The molecule has 0 aliphatic rings. The monoisotopic (exact) mass is 449 g/mol. The Morgan fingerprint density at radius 3 is 2.24 bits per heavy atom. The molecule has 0 saturated carbocycles. The number of terminal acetylenes is 1. The van der Waals surface area contributed by atoms with Crippen LogP contribution in [0.1, 0.15) is 38.8 Å². The lowest BCUT2D eigenvalue weighted by molar-refractivity contribution is -0.131. The summed E-state index contributed by atoms with van der Waals surface area (Å²) in [6.07, 6.45) is 9.80. The smallest absolute Gasteiger partial charge is 0.236 e. The van der Waals surface area contributed by atoms with Crippen molar-refractivity contribution in [3.63, 3.8) is 0 Å². The molecule has 0 saturated heterocycles. The van der Waals surface area contributed by atoms with Gasteiger partial charge in [0.25, 0.3) is 0 Å². The van der Waals surface area contributed by atoms with Gasteiger partial charge in [0, 0.05) is 24.7 Å². The zero-order valence-corrected chi connectivity index (χ0v) is 20.9. The van der Waals surface area contributed by atoms with E-state index in [1.54, 1.807) is 25.4 Å². The minimum atomic E-state index is 0.132. The molecular formula is C28H39N3O2. The molecule has 2 N–H and O–H groups in total. The molecule has 2 aromatic carbocycles. The molecule has 33 heavy (non-hydrogen) atoms. The summed E-state index contributed by atoms with van der Waals surface area (Å²) in [5.74, 6) is 0.904. The van der Waals surface area contributed by atoms with E-state index in [1.165, 1.54) is 5.56 Å². The third-order valence-electron chi connectivity index (χ3n) is 4.40. The van der Waals surface area contributed by atoms with Gasteiger partial charge < -0.3 is 15.3 Å². The normalized spacial score (nSPS) is 9.48. The minimum absolute atomic E-state index is 0.132. The summed E-state index contributed by atoms with van der Waals surface area (Å²) in [4.78, 5) is 18.6. The molecule has 1 amide bonds. The number of aryl methyl sites for hydroxylation is 1. The summed E-state index contributed by atoms with van der Waals surface area (Å²) in [6.45, 7) is 12.0. The topological polar surface area (TPSA) is 65.5 Å². The first-order valence-electron chi connectivity index (χ1n) is 11.2. The predicted octanol–water partition coefficient (Wildman–Crippen LogP) is 5.42. The summed E-state index contributed by atoms with van der Waals surface area (Å²) in [5, 5.41) is 12.8. The van der Waals surface area contributed by atoms with Crippen molar-refractivity contribution in [1.29, 1.82) is 0 Å². The van der Waals surface area contributed by atoms with Crippen molar-refractivity contribution >= 4 is 16.8 Å². The molecule has 178 valence electrons. The maximum Gasteiger partial charge on any atom is 0.236 e. The van der Waals surface area contributed by atoms with E-state index in [1.807, 2.05) is 56.0 Å². The molecule has 0 spiro atoms. The summed E-state index contributed by atoms with van der Waals surface area (Å²) >= 11 is 0. The van der Waals surface area contributed by atoms with Crippen LogP contribution in [0.25, 0.3) is 10.9 Å². The van der Waals surface area contributed by atoms with Gasteiger partial charge in [0.15, 0.2) is 0 Å². The number of aromatic hydroxyl groups is 1. The quantitative estimate of drug-likeness (QED) is 0.494. The highest BCUT2D eigenvalue weighted by atomic mass is 16.3. The Bertz CT molecular complexity index is 924. The highest BCUT2D eigenvalue weighted by Gasteiger charge is 2.15. The Hall–Kier alpha value is -3.36. The number of likely N-dealkylation sites (N-methyl/N-ethyl adjacent to an activating group) is 1. The third-order valence-corrected chi connectivity index (χ3v) is 4.40. The molecule has 3 aromatic rings. The minimum Gasteiger partial charge on any atom is -0.508 e. The van der Waals surface area contributed by atoms with Gasteiger partial charge in [-0.05, 0) is 49.7 Å². The number of aromatic nitrogens is 1. The van der Waals surface area contributed by atoms with E-state index in [2.05, 4.69) is 49.1 Å². The molecule has 1 heterocycles. The number of rotatable bonds is 6. The van der Waals surface area contributed by atoms with Crippen LogP contribution in [-0.2, 0) is 11.3 Å². The molecule has 0 unspecified atom stereocenters. The number of phenolic OH excluding ortho intramolecular Hbond substituents is 1. The van der Waals surface area contributed by atoms with Crippen molar-refractivity contribution in [1.82, 2.24) is 15.2 Å². The first kappa shape index (κ1) is 29.6. The van der Waals surface area contributed by atoms with Crippen molar-refractivity contribution < 1.29 is 9.90 Å². The first-order valence-corrected chi connectivity index (χ1v) is 11.2. The van der Waals surface area contributed by atoms with E-state index in [4.69, 9.17) is 5.11 Å². The van der Waals surface area contributed by atoms with Crippen molar-refractivity contribution in [3.8, 4) is 18.6 Å². The number of phenols is 1. The molecule has 0 bridgehead atoms. The number of hydrogen-bond acceptors (Lipinski definition) is 4. The molecule has 0 aliphatic heterocycles. The van der Waals surface area contributed by atoms with Crippen molar-refractivity contribution in [2.75, 3.05) is 20.1 Å². The van der Waals surface area contributed by atoms with Crippen LogP contribution in [0.15, 0.2) is 60.8 Å². The van der Waals surface area contributed by atoms with E-state index < -0.39 is 0 Å². The molecular weight excluding hydrogens is 410 g/mol. The Balaban J connectivity index is 0.000000710. The lowest BCUT2D eigenvalue weighted by atomic mass is 10.1. The molecule has 0 fully saturated rings. The van der Waals surface area contributed by atoms with Crippen LogP contribution in [0.3, 0.4) is 0 Å². The predicted molar refractivity (Wildman–Crippen MR) is 140 cm³/mol. The van der Waals surface area contributed by atoms with Gasteiger partial charge in [0.05, 0.1) is 12.1 Å². The van der Waals surface area contributed by atoms with E-state index >= 15 is 0 Å². The molecule has 0 atom stereocenters. The summed E-state index contributed by atoms with van der Waals surface area (Å²) in [6, 6.07) is 17.2. The van der Waals surface area contributed by atoms with Crippen LogP contribution >= 0.6 is 0 Å². The number of pyridine rings is 1. The number of carbonyl (C=O) groups excluding carboxylic acids is 1. The van der Waals surface area contributed by atoms with Crippen molar-refractivity contribution in [3.05, 3.63) is 71.9 Å². The van der Waals surface area contributed by atoms with Crippen LogP contribution in [0.2, 0.25) is 0 Å². The molecule has 0 radical (unpaired) electrons. The average molecular weight is 450 g/mol. The second-order valence-electron chi connectivity index (χ2n) is 7.52. The number of amides is 1. The average Bonchev–Trinajstić information content (AvgIpc) is 2.83. The van der Waals surface area contributed by atoms with Gasteiger partial charge in [-0.2, -0.15) is 0 Å². The Morgan fingerprint density at radius 2 is 1.70 bits per heavy atom. The van der Waals surface area contributed by atoms with E-state index in [0.29, 0.717) is 24.8 Å². The Kier molecular flexibility index (Phi) is 15.5. The Labute approximate surface area is 199 Å². The highest BCUT2D eigenvalue weighted by molar-refractivity contribution is 5.83. The third kappa shape index (κ3) is 11.2. The van der Waals surface area contributed by atoms with E-state index in [-0.39, 0.29) is 5.91 Å². The van der Waals surface area contributed by atoms with E-state index in [0.717, 1.165) is 23.0 Å². The first-order chi connectivity index (χ1) is 15.9. The second kappa shape index (κ2) is 17.2. The summed E-state index contributed by atoms with van der Waals surface area (Å²) in [5.41, 5.74) is 3.29. The lowest BCUT2D eigenvalue weighted by Gasteiger charge is -2.25. The molecule has 0 aliphatic carbocycles. The fourth-order valence-electron chi connectivity index (χ4n) is 3.01. The lowest BCUT2D eigenvalue weighted by Crippen LogP contribution is -2.38. The van der Waals surface area contributed by atoms with Crippen LogP contribution in [0.5, 0.6) is 5.75 Å². The van der Waals surface area contributed by atoms with Crippen molar-refractivity contribution in [2.45, 2.75) is 41.2 Å². The zero-order chi connectivity index (χ0) is 25.2. The van der Waals surface area contributed by atoms with Crippen LogP contribution in [0.4, 0.5) is 0 Å². The Morgan fingerprint density at radius 1 is 1.06 bits per heavy atom. The maximum absolute atomic E-state index is 12.3. The number of benzene rings is 2. The van der Waals surface area contributed by atoms with E-state index in [9.17, 15) is 4.79 Å². The zero-order valence-electron chi connectivity index (χ0n) is 20.9. The van der Waals surface area contributed by atoms with Gasteiger partial charge in [-0.1, -0.05) is 63.6 Å². The fraction of sp³-hybridized carbons (Fsp3) is 0.357. The van der Waals surface area contributed by atoms with Gasteiger partial charge in [0.2, 0.25) is 5.91 Å². The molecule has 3 rings (SSSR count). The largest absolute Gasteiger partial charge is 0.508 e. The molecule has 1 aromatic heterocycles.